The smallest absolute Gasteiger partial charge is 0.412 e. The van der Waals surface area contributed by atoms with E-state index in [-0.39, 0.29) is 0 Å². The fourth-order valence-electron chi connectivity index (χ4n) is 1.04. The summed E-state index contributed by atoms with van der Waals surface area (Å²) < 4.78 is 5.92. The summed E-state index contributed by atoms with van der Waals surface area (Å²) in [6.45, 7) is 5.44. The van der Waals surface area contributed by atoms with Gasteiger partial charge in [-0.3, -0.25) is 5.32 Å². The molecule has 0 saturated heterocycles. The van der Waals surface area contributed by atoms with Gasteiger partial charge in [-0.25, -0.2) is 4.79 Å². The van der Waals surface area contributed by atoms with E-state index in [1.54, 1.807) is 6.07 Å². The summed E-state index contributed by atoms with van der Waals surface area (Å²) in [5, 5.41) is 2.65. The average Bonchev–Trinajstić information content (AvgIpc) is 2.08. The molecule has 88 valence electrons. The number of carbonyl (C=O) groups excluding carboxylic acids is 1. The van der Waals surface area contributed by atoms with Crippen molar-refractivity contribution in [3.63, 3.8) is 0 Å². The standard InChI is InChI=1S/C11H14BrNO2S/c1-11(2,3)15-10(14)13-9-7(12)5-4-6-8(9)16/h4-6,16H,1-3H3,(H,13,14). The highest BCUT2D eigenvalue weighted by molar-refractivity contribution is 9.10. The highest BCUT2D eigenvalue weighted by Crippen LogP contribution is 2.29. The topological polar surface area (TPSA) is 38.3 Å². The zero-order valence-electron chi connectivity index (χ0n) is 9.37. The number of benzene rings is 1. The molecule has 0 aromatic heterocycles. The molecule has 1 rings (SSSR count). The molecule has 5 heteroatoms. The van der Waals surface area contributed by atoms with Gasteiger partial charge in [-0.05, 0) is 48.8 Å². The summed E-state index contributed by atoms with van der Waals surface area (Å²) >= 11 is 7.59. The second kappa shape index (κ2) is 5.10. The fourth-order valence-corrected chi connectivity index (χ4v) is 1.92. The number of hydrogen-bond donors (Lipinski definition) is 2. The molecule has 3 nitrogen and oxygen atoms in total. The Morgan fingerprint density at radius 1 is 1.44 bits per heavy atom. The van der Waals surface area contributed by atoms with Crippen molar-refractivity contribution in [1.29, 1.82) is 0 Å². The van der Waals surface area contributed by atoms with Crippen LogP contribution in [0.5, 0.6) is 0 Å². The summed E-state index contributed by atoms with van der Waals surface area (Å²) in [6.07, 6.45) is -0.491. The van der Waals surface area contributed by atoms with Gasteiger partial charge in [0.2, 0.25) is 0 Å². The predicted molar refractivity (Wildman–Crippen MR) is 71.3 cm³/mol. The zero-order valence-corrected chi connectivity index (χ0v) is 11.9. The molecule has 1 aromatic carbocycles. The molecule has 0 unspecified atom stereocenters. The van der Waals surface area contributed by atoms with Crippen molar-refractivity contribution in [2.75, 3.05) is 5.32 Å². The summed E-state index contributed by atoms with van der Waals surface area (Å²) in [4.78, 5) is 12.2. The molecule has 1 amide bonds. The Labute approximate surface area is 109 Å². The number of anilines is 1. The van der Waals surface area contributed by atoms with E-state index in [1.807, 2.05) is 32.9 Å². The van der Waals surface area contributed by atoms with Gasteiger partial charge in [0.05, 0.1) is 5.69 Å². The van der Waals surface area contributed by atoms with Crippen molar-refractivity contribution in [3.8, 4) is 0 Å². The van der Waals surface area contributed by atoms with Crippen LogP contribution in [0.3, 0.4) is 0 Å². The van der Waals surface area contributed by atoms with Gasteiger partial charge < -0.3 is 4.74 Å². The minimum absolute atomic E-state index is 0.491. The minimum atomic E-state index is -0.512. The van der Waals surface area contributed by atoms with E-state index in [0.29, 0.717) is 10.6 Å². The highest BCUT2D eigenvalue weighted by Gasteiger charge is 2.17. The number of thiol groups is 1. The summed E-state index contributed by atoms with van der Waals surface area (Å²) in [6, 6.07) is 5.46. The number of carbonyl (C=O) groups is 1. The van der Waals surface area contributed by atoms with E-state index in [2.05, 4.69) is 33.9 Å². The van der Waals surface area contributed by atoms with Gasteiger partial charge in [0.15, 0.2) is 0 Å². The first-order chi connectivity index (χ1) is 7.29. The number of ether oxygens (including phenoxy) is 1. The van der Waals surface area contributed by atoms with E-state index in [4.69, 9.17) is 4.74 Å². The summed E-state index contributed by atoms with van der Waals surface area (Å²) in [5.41, 5.74) is 0.0994. The van der Waals surface area contributed by atoms with Crippen LogP contribution in [0, 0.1) is 0 Å². The van der Waals surface area contributed by atoms with Crippen LogP contribution in [-0.2, 0) is 4.74 Å². The Morgan fingerprint density at radius 2 is 2.06 bits per heavy atom. The number of para-hydroxylation sites is 1. The first-order valence-corrected chi connectivity index (χ1v) is 6.01. The Kier molecular flexibility index (Phi) is 4.27. The average molecular weight is 304 g/mol. The molecule has 0 atom stereocenters. The number of hydrogen-bond acceptors (Lipinski definition) is 3. The minimum Gasteiger partial charge on any atom is -0.444 e. The lowest BCUT2D eigenvalue weighted by Crippen LogP contribution is -2.27. The van der Waals surface area contributed by atoms with Crippen LogP contribution in [0.25, 0.3) is 0 Å². The van der Waals surface area contributed by atoms with Crippen LogP contribution >= 0.6 is 28.6 Å². The normalized spacial score (nSPS) is 11.1. The van der Waals surface area contributed by atoms with Gasteiger partial charge >= 0.3 is 6.09 Å². The van der Waals surface area contributed by atoms with Crippen LogP contribution in [0.15, 0.2) is 27.6 Å². The largest absolute Gasteiger partial charge is 0.444 e. The first kappa shape index (κ1) is 13.4. The molecule has 1 aromatic rings. The second-order valence-corrected chi connectivity index (χ2v) is 5.60. The molecule has 0 fully saturated rings. The summed E-state index contributed by atoms with van der Waals surface area (Å²) in [7, 11) is 0. The third kappa shape index (κ3) is 4.06. The molecule has 0 aliphatic carbocycles. The zero-order chi connectivity index (χ0) is 12.3. The maximum absolute atomic E-state index is 11.5. The molecule has 16 heavy (non-hydrogen) atoms. The lowest BCUT2D eigenvalue weighted by Gasteiger charge is -2.20. The monoisotopic (exact) mass is 303 g/mol. The third-order valence-electron chi connectivity index (χ3n) is 1.62. The molecular weight excluding hydrogens is 290 g/mol. The van der Waals surface area contributed by atoms with Crippen molar-refractivity contribution in [2.45, 2.75) is 31.3 Å². The van der Waals surface area contributed by atoms with Crippen molar-refractivity contribution in [1.82, 2.24) is 0 Å². The van der Waals surface area contributed by atoms with Crippen LogP contribution in [-0.4, -0.2) is 11.7 Å². The van der Waals surface area contributed by atoms with Crippen molar-refractivity contribution in [3.05, 3.63) is 22.7 Å². The quantitative estimate of drug-likeness (QED) is 0.767. The van der Waals surface area contributed by atoms with Crippen molar-refractivity contribution < 1.29 is 9.53 Å². The molecule has 0 aliphatic heterocycles. The van der Waals surface area contributed by atoms with Gasteiger partial charge in [-0.1, -0.05) is 6.07 Å². The molecule has 1 N–H and O–H groups in total. The molecule has 0 heterocycles. The fraction of sp³-hybridized carbons (Fsp3) is 0.364. The van der Waals surface area contributed by atoms with Gasteiger partial charge in [0, 0.05) is 9.37 Å². The Morgan fingerprint density at radius 3 is 2.56 bits per heavy atom. The maximum Gasteiger partial charge on any atom is 0.412 e. The highest BCUT2D eigenvalue weighted by atomic mass is 79.9. The Hall–Kier alpha value is -0.680. The van der Waals surface area contributed by atoms with E-state index in [0.717, 1.165) is 4.47 Å². The SMILES string of the molecule is CC(C)(C)OC(=O)Nc1c(S)cccc1Br. The van der Waals surface area contributed by atoms with Gasteiger partial charge in [0.1, 0.15) is 5.60 Å². The number of halogens is 1. The van der Waals surface area contributed by atoms with Crippen LogP contribution < -0.4 is 5.32 Å². The second-order valence-electron chi connectivity index (χ2n) is 4.26. The van der Waals surface area contributed by atoms with Crippen molar-refractivity contribution in [2.24, 2.45) is 0 Å². The molecule has 0 radical (unpaired) electrons. The van der Waals surface area contributed by atoms with Gasteiger partial charge in [0.25, 0.3) is 0 Å². The molecule has 0 spiro atoms. The van der Waals surface area contributed by atoms with E-state index < -0.39 is 11.7 Å². The van der Waals surface area contributed by atoms with E-state index in [9.17, 15) is 4.79 Å². The predicted octanol–water partition coefficient (Wildman–Crippen LogP) is 4.08. The first-order valence-electron chi connectivity index (χ1n) is 4.77. The van der Waals surface area contributed by atoms with Gasteiger partial charge in [-0.2, -0.15) is 0 Å². The Balaban J connectivity index is 2.78. The van der Waals surface area contributed by atoms with Crippen LogP contribution in [0.4, 0.5) is 10.5 Å². The molecular formula is C11H14BrNO2S. The maximum atomic E-state index is 11.5. The lowest BCUT2D eigenvalue weighted by atomic mass is 10.2. The molecule has 0 bridgehead atoms. The molecule has 0 saturated carbocycles. The number of rotatable bonds is 1. The van der Waals surface area contributed by atoms with E-state index in [1.165, 1.54) is 0 Å². The number of amides is 1. The lowest BCUT2D eigenvalue weighted by molar-refractivity contribution is 0.0635. The Bertz CT molecular complexity index is 381. The summed E-state index contributed by atoms with van der Waals surface area (Å²) in [5.74, 6) is 0. The number of nitrogens with one attached hydrogen (secondary N) is 1. The third-order valence-corrected chi connectivity index (χ3v) is 2.65. The van der Waals surface area contributed by atoms with E-state index >= 15 is 0 Å². The van der Waals surface area contributed by atoms with Crippen LogP contribution in [0.1, 0.15) is 20.8 Å². The van der Waals surface area contributed by atoms with Crippen molar-refractivity contribution >= 4 is 40.3 Å². The molecule has 0 aliphatic rings. The van der Waals surface area contributed by atoms with Gasteiger partial charge in [-0.15, -0.1) is 12.6 Å². The van der Waals surface area contributed by atoms with Crippen LogP contribution in [0.2, 0.25) is 0 Å².